The normalized spacial score (nSPS) is 10.7. The molecule has 5 nitrogen and oxygen atoms in total. The molecule has 0 unspecified atom stereocenters. The van der Waals surface area contributed by atoms with Gasteiger partial charge in [-0.1, -0.05) is 36.4 Å². The molecule has 0 fully saturated rings. The van der Waals surface area contributed by atoms with E-state index in [0.717, 1.165) is 11.0 Å². The van der Waals surface area contributed by atoms with Gasteiger partial charge in [0.2, 0.25) is 0 Å². The van der Waals surface area contributed by atoms with Crippen molar-refractivity contribution in [3.63, 3.8) is 0 Å². The van der Waals surface area contributed by atoms with Crippen LogP contribution in [0.2, 0.25) is 0 Å². The predicted octanol–water partition coefficient (Wildman–Crippen LogP) is 3.67. The summed E-state index contributed by atoms with van der Waals surface area (Å²) in [7, 11) is 0. The molecule has 0 amide bonds. The highest BCUT2D eigenvalue weighted by molar-refractivity contribution is 6.06. The highest BCUT2D eigenvalue weighted by Crippen LogP contribution is 2.24. The van der Waals surface area contributed by atoms with Crippen LogP contribution in [0, 0.1) is 0 Å². The lowest BCUT2D eigenvalue weighted by Gasteiger charge is -1.87. The lowest BCUT2D eigenvalue weighted by atomic mass is 10.2. The molecular formula is C17H13N5. The Labute approximate surface area is 126 Å². The number of hydrogen-bond acceptors (Lipinski definition) is 3. The molecular weight excluding hydrogens is 274 g/mol. The third-order valence-corrected chi connectivity index (χ3v) is 3.56. The van der Waals surface area contributed by atoms with Crippen LogP contribution in [-0.4, -0.2) is 25.4 Å². The van der Waals surface area contributed by atoms with E-state index in [-0.39, 0.29) is 0 Å². The molecule has 5 aromatic rings. The lowest BCUT2D eigenvalue weighted by molar-refractivity contribution is 0.895. The van der Waals surface area contributed by atoms with E-state index in [4.69, 9.17) is 0 Å². The first-order valence-corrected chi connectivity index (χ1v) is 6.99. The van der Waals surface area contributed by atoms with Gasteiger partial charge in [-0.3, -0.25) is 0 Å². The van der Waals surface area contributed by atoms with E-state index in [0.29, 0.717) is 0 Å². The number of para-hydroxylation sites is 2. The Morgan fingerprint density at radius 3 is 2.09 bits per heavy atom. The van der Waals surface area contributed by atoms with Crippen molar-refractivity contribution in [3.8, 4) is 0 Å². The molecule has 5 rings (SSSR count). The summed E-state index contributed by atoms with van der Waals surface area (Å²) in [4.78, 5) is 6.33. The van der Waals surface area contributed by atoms with Crippen molar-refractivity contribution in [2.24, 2.45) is 0 Å². The standard InChI is InChI=1S/C12H9N.C5H4N4/c1-3-7-11-9(5-1)10-6-2-4-8-12(10)13-11;1-2-6-5-3-7-9-8-4(1)5/h1-8,13H;1-3,6H. The Hall–Kier alpha value is -3.21. The predicted molar refractivity (Wildman–Crippen MR) is 87.5 cm³/mol. The minimum Gasteiger partial charge on any atom is -0.358 e. The zero-order chi connectivity index (χ0) is 14.8. The molecule has 0 saturated carbocycles. The number of nitrogens with zero attached hydrogens (tertiary/aromatic N) is 3. The summed E-state index contributed by atoms with van der Waals surface area (Å²) in [6, 6.07) is 18.6. The fourth-order valence-electron chi connectivity index (χ4n) is 2.52. The fourth-order valence-corrected chi connectivity index (χ4v) is 2.52. The van der Waals surface area contributed by atoms with Crippen molar-refractivity contribution in [2.75, 3.05) is 0 Å². The average Bonchev–Trinajstić information content (AvgIpc) is 3.19. The summed E-state index contributed by atoms with van der Waals surface area (Å²) in [6.45, 7) is 0. The number of H-pyrrole nitrogens is 2. The first kappa shape index (κ1) is 12.5. The van der Waals surface area contributed by atoms with Gasteiger partial charge in [-0.25, -0.2) is 0 Å². The van der Waals surface area contributed by atoms with Crippen molar-refractivity contribution in [3.05, 3.63) is 67.0 Å². The van der Waals surface area contributed by atoms with Crippen LogP contribution in [-0.2, 0) is 0 Å². The Bertz CT molecular complexity index is 964. The van der Waals surface area contributed by atoms with Gasteiger partial charge in [-0.05, 0) is 23.4 Å². The maximum absolute atomic E-state index is 3.75. The Morgan fingerprint density at radius 2 is 1.41 bits per heavy atom. The summed E-state index contributed by atoms with van der Waals surface area (Å²) in [5.41, 5.74) is 4.20. The van der Waals surface area contributed by atoms with Crippen molar-refractivity contribution in [1.82, 2.24) is 25.4 Å². The van der Waals surface area contributed by atoms with E-state index >= 15 is 0 Å². The van der Waals surface area contributed by atoms with Gasteiger partial charge in [-0.2, -0.15) is 0 Å². The van der Waals surface area contributed by atoms with E-state index < -0.39 is 0 Å². The number of aromatic nitrogens is 5. The monoisotopic (exact) mass is 287 g/mol. The molecule has 3 heterocycles. The van der Waals surface area contributed by atoms with Crippen molar-refractivity contribution in [1.29, 1.82) is 0 Å². The smallest absolute Gasteiger partial charge is 0.114 e. The van der Waals surface area contributed by atoms with Gasteiger partial charge in [0.1, 0.15) is 5.52 Å². The van der Waals surface area contributed by atoms with Crippen LogP contribution < -0.4 is 0 Å². The van der Waals surface area contributed by atoms with E-state index in [1.165, 1.54) is 21.8 Å². The molecule has 22 heavy (non-hydrogen) atoms. The minimum absolute atomic E-state index is 0.852. The summed E-state index contributed by atoms with van der Waals surface area (Å²) in [5, 5.41) is 13.4. The summed E-state index contributed by atoms with van der Waals surface area (Å²) in [5.74, 6) is 0. The molecule has 5 heteroatoms. The van der Waals surface area contributed by atoms with Gasteiger partial charge >= 0.3 is 0 Å². The van der Waals surface area contributed by atoms with Crippen LogP contribution in [0.25, 0.3) is 32.8 Å². The maximum Gasteiger partial charge on any atom is 0.114 e. The minimum atomic E-state index is 0.852. The second-order valence-electron chi connectivity index (χ2n) is 4.93. The topological polar surface area (TPSA) is 70.2 Å². The first-order chi connectivity index (χ1) is 10.9. The van der Waals surface area contributed by atoms with E-state index in [1.807, 2.05) is 6.07 Å². The average molecular weight is 287 g/mol. The highest BCUT2D eigenvalue weighted by atomic mass is 15.3. The zero-order valence-corrected chi connectivity index (χ0v) is 11.7. The number of aromatic amines is 2. The van der Waals surface area contributed by atoms with E-state index in [9.17, 15) is 0 Å². The number of benzene rings is 2. The van der Waals surface area contributed by atoms with Gasteiger partial charge < -0.3 is 9.97 Å². The van der Waals surface area contributed by atoms with Gasteiger partial charge in [0.25, 0.3) is 0 Å². The SMILES string of the molecule is c1cc2nnncc2[nH]1.c1ccc2c(c1)[nH]c1ccccc12. The largest absolute Gasteiger partial charge is 0.358 e. The third-order valence-electron chi connectivity index (χ3n) is 3.56. The summed E-state index contributed by atoms with van der Waals surface area (Å²) in [6.07, 6.45) is 3.45. The van der Waals surface area contributed by atoms with Crippen molar-refractivity contribution in [2.45, 2.75) is 0 Å². The molecule has 0 spiro atoms. The molecule has 2 aromatic carbocycles. The molecule has 0 radical (unpaired) electrons. The molecule has 0 saturated heterocycles. The quantitative estimate of drug-likeness (QED) is 0.456. The zero-order valence-electron chi connectivity index (χ0n) is 11.7. The van der Waals surface area contributed by atoms with Gasteiger partial charge in [0.15, 0.2) is 0 Å². The van der Waals surface area contributed by atoms with Crippen LogP contribution in [0.3, 0.4) is 0 Å². The number of hydrogen-bond donors (Lipinski definition) is 2. The second-order valence-corrected chi connectivity index (χ2v) is 4.93. The van der Waals surface area contributed by atoms with Crippen molar-refractivity contribution < 1.29 is 0 Å². The summed E-state index contributed by atoms with van der Waals surface area (Å²) < 4.78 is 0. The van der Waals surface area contributed by atoms with Gasteiger partial charge in [0, 0.05) is 28.0 Å². The van der Waals surface area contributed by atoms with Crippen LogP contribution in [0.5, 0.6) is 0 Å². The van der Waals surface area contributed by atoms with E-state index in [2.05, 4.69) is 73.9 Å². The molecule has 0 aliphatic rings. The van der Waals surface area contributed by atoms with Crippen molar-refractivity contribution >= 4 is 32.8 Å². The van der Waals surface area contributed by atoms with Gasteiger partial charge in [-0.15, -0.1) is 10.2 Å². The van der Waals surface area contributed by atoms with Crippen LogP contribution >= 0.6 is 0 Å². The molecule has 2 N–H and O–H groups in total. The Kier molecular flexibility index (Phi) is 3.01. The first-order valence-electron chi connectivity index (χ1n) is 6.99. The fraction of sp³-hybridized carbons (Fsp3) is 0. The molecule has 0 bridgehead atoms. The highest BCUT2D eigenvalue weighted by Gasteiger charge is 2.00. The molecule has 0 aliphatic heterocycles. The Morgan fingerprint density at radius 1 is 0.727 bits per heavy atom. The molecule has 0 atom stereocenters. The van der Waals surface area contributed by atoms with Crippen LogP contribution in [0.1, 0.15) is 0 Å². The number of rotatable bonds is 0. The number of nitrogens with one attached hydrogen (secondary N) is 2. The number of fused-ring (bicyclic) bond motifs is 4. The third kappa shape index (κ3) is 2.18. The maximum atomic E-state index is 3.75. The van der Waals surface area contributed by atoms with E-state index in [1.54, 1.807) is 12.4 Å². The lowest BCUT2D eigenvalue weighted by Crippen LogP contribution is -1.83. The molecule has 106 valence electrons. The van der Waals surface area contributed by atoms with Gasteiger partial charge in [0.05, 0.1) is 11.7 Å². The molecule has 3 aromatic heterocycles. The molecule has 0 aliphatic carbocycles. The summed E-state index contributed by atoms with van der Waals surface area (Å²) >= 11 is 0. The van der Waals surface area contributed by atoms with Crippen LogP contribution in [0.4, 0.5) is 0 Å². The Balaban J connectivity index is 0.000000122. The van der Waals surface area contributed by atoms with Crippen LogP contribution in [0.15, 0.2) is 67.0 Å². The second kappa shape index (κ2) is 5.29.